The molecule has 32 heavy (non-hydrogen) atoms. The molecule has 1 aromatic heterocycles. The van der Waals surface area contributed by atoms with Crippen LogP contribution < -0.4 is 10.6 Å². The summed E-state index contributed by atoms with van der Waals surface area (Å²) in [5, 5.41) is 6.41. The van der Waals surface area contributed by atoms with Crippen LogP contribution in [0, 0.1) is 0 Å². The lowest BCUT2D eigenvalue weighted by Crippen LogP contribution is -2.42. The second-order valence-electron chi connectivity index (χ2n) is 8.41. The van der Waals surface area contributed by atoms with Gasteiger partial charge in [0.05, 0.1) is 22.9 Å². The molecule has 0 saturated carbocycles. The largest absolute Gasteiger partial charge is 0.464 e. The third-order valence-electron chi connectivity index (χ3n) is 4.62. The zero-order valence-electron chi connectivity index (χ0n) is 18.3. The van der Waals surface area contributed by atoms with Crippen LogP contribution in [0.2, 0.25) is 5.02 Å². The number of hydrogen-bond acceptors (Lipinski definition) is 5. The Morgan fingerprint density at radius 1 is 1.12 bits per heavy atom. The molecule has 0 spiro atoms. The van der Waals surface area contributed by atoms with E-state index >= 15 is 0 Å². The molecule has 7 nitrogen and oxygen atoms in total. The fourth-order valence-electron chi connectivity index (χ4n) is 3.11. The molecule has 2 amide bonds. The number of halogens is 1. The van der Waals surface area contributed by atoms with E-state index in [0.29, 0.717) is 16.8 Å². The lowest BCUT2D eigenvalue weighted by atomic mass is 9.99. The first-order chi connectivity index (χ1) is 15.0. The number of anilines is 1. The van der Waals surface area contributed by atoms with Crippen molar-refractivity contribution in [3.63, 3.8) is 0 Å². The Kier molecular flexibility index (Phi) is 6.89. The third kappa shape index (κ3) is 5.88. The minimum absolute atomic E-state index is 0.0823. The van der Waals surface area contributed by atoms with Crippen LogP contribution in [0.15, 0.2) is 53.1 Å². The second kappa shape index (κ2) is 9.44. The Morgan fingerprint density at radius 3 is 2.59 bits per heavy atom. The third-order valence-corrected chi connectivity index (χ3v) is 4.93. The van der Waals surface area contributed by atoms with Crippen LogP contribution in [0.4, 0.5) is 10.5 Å². The van der Waals surface area contributed by atoms with Gasteiger partial charge in [0.15, 0.2) is 5.78 Å². The molecule has 0 aliphatic carbocycles. The van der Waals surface area contributed by atoms with Gasteiger partial charge in [-0.3, -0.25) is 9.59 Å². The lowest BCUT2D eigenvalue weighted by molar-refractivity contribution is -0.120. The molecule has 8 heteroatoms. The summed E-state index contributed by atoms with van der Waals surface area (Å²) in [7, 11) is 0. The number of alkyl carbamates (subject to hydrolysis) is 1. The Hall–Kier alpha value is -3.32. The number of hydrogen-bond donors (Lipinski definition) is 2. The van der Waals surface area contributed by atoms with Crippen molar-refractivity contribution in [2.24, 2.45) is 0 Å². The summed E-state index contributed by atoms with van der Waals surface area (Å²) in [5.41, 5.74) is 1.27. The summed E-state index contributed by atoms with van der Waals surface area (Å²) in [6.45, 7) is 6.78. The van der Waals surface area contributed by atoms with Gasteiger partial charge < -0.3 is 19.8 Å². The highest BCUT2D eigenvalue weighted by Crippen LogP contribution is 2.25. The minimum atomic E-state index is -0.803. The SMILES string of the molecule is C[C@H](NC(=O)OC(C)(C)C)C(=O)Cc1cccc(Cl)c1C(=O)Nc1ccc2occc2c1. The zero-order chi connectivity index (χ0) is 23.5. The van der Waals surface area contributed by atoms with Crippen LogP contribution in [0.25, 0.3) is 11.0 Å². The molecular formula is C24H25ClN2O5. The smallest absolute Gasteiger partial charge is 0.408 e. The van der Waals surface area contributed by atoms with Crippen molar-refractivity contribution >= 4 is 46.0 Å². The summed E-state index contributed by atoms with van der Waals surface area (Å²) in [4.78, 5) is 37.7. The first kappa shape index (κ1) is 23.3. The van der Waals surface area contributed by atoms with E-state index in [2.05, 4.69) is 10.6 Å². The monoisotopic (exact) mass is 456 g/mol. The van der Waals surface area contributed by atoms with E-state index < -0.39 is 23.6 Å². The van der Waals surface area contributed by atoms with Gasteiger partial charge in [0, 0.05) is 17.5 Å². The van der Waals surface area contributed by atoms with Gasteiger partial charge in [-0.2, -0.15) is 0 Å². The van der Waals surface area contributed by atoms with Gasteiger partial charge in [-0.1, -0.05) is 23.7 Å². The van der Waals surface area contributed by atoms with Crippen LogP contribution in [0.5, 0.6) is 0 Å². The summed E-state index contributed by atoms with van der Waals surface area (Å²) in [6.07, 6.45) is 0.804. The molecule has 0 saturated heterocycles. The van der Waals surface area contributed by atoms with Crippen LogP contribution >= 0.6 is 11.6 Å². The maximum atomic E-state index is 13.0. The molecule has 0 unspecified atom stereocenters. The number of rotatable bonds is 6. The molecular weight excluding hydrogens is 432 g/mol. The van der Waals surface area contributed by atoms with E-state index in [9.17, 15) is 14.4 Å². The Bertz CT molecular complexity index is 1160. The molecule has 3 aromatic rings. The highest BCUT2D eigenvalue weighted by atomic mass is 35.5. The highest BCUT2D eigenvalue weighted by Gasteiger charge is 2.23. The maximum Gasteiger partial charge on any atom is 0.408 e. The van der Waals surface area contributed by atoms with Gasteiger partial charge in [-0.05, 0) is 63.6 Å². The molecule has 0 fully saturated rings. The van der Waals surface area contributed by atoms with Crippen LogP contribution in [-0.4, -0.2) is 29.4 Å². The average molecular weight is 457 g/mol. The van der Waals surface area contributed by atoms with Gasteiger partial charge in [-0.15, -0.1) is 0 Å². The topological polar surface area (TPSA) is 97.6 Å². The fraction of sp³-hybridized carbons (Fsp3) is 0.292. The van der Waals surface area contributed by atoms with E-state index in [-0.39, 0.29) is 22.8 Å². The first-order valence-corrected chi connectivity index (χ1v) is 10.5. The summed E-state index contributed by atoms with van der Waals surface area (Å²) < 4.78 is 10.5. The zero-order valence-corrected chi connectivity index (χ0v) is 19.1. The van der Waals surface area contributed by atoms with Crippen molar-refractivity contribution in [1.82, 2.24) is 5.32 Å². The molecule has 0 aliphatic rings. The minimum Gasteiger partial charge on any atom is -0.464 e. The number of amides is 2. The van der Waals surface area contributed by atoms with Gasteiger partial charge in [-0.25, -0.2) is 4.79 Å². The molecule has 0 bridgehead atoms. The van der Waals surface area contributed by atoms with E-state index in [1.54, 1.807) is 76.4 Å². The number of ether oxygens (including phenoxy) is 1. The lowest BCUT2D eigenvalue weighted by Gasteiger charge is -2.21. The molecule has 2 aromatic carbocycles. The van der Waals surface area contributed by atoms with Gasteiger partial charge in [0.25, 0.3) is 5.91 Å². The van der Waals surface area contributed by atoms with E-state index in [1.807, 2.05) is 0 Å². The molecule has 1 atom stereocenters. The number of carbonyl (C=O) groups is 3. The quantitative estimate of drug-likeness (QED) is 0.520. The number of furan rings is 1. The standard InChI is InChI=1S/C24H25ClN2O5/c1-14(26-23(30)32-24(2,3)4)19(28)13-16-6-5-7-18(25)21(16)22(29)27-17-8-9-20-15(12-17)10-11-31-20/h5-12,14H,13H2,1-4H3,(H,26,30)(H,27,29)/t14-/m0/s1. The van der Waals surface area contributed by atoms with E-state index in [0.717, 1.165) is 5.39 Å². The summed E-state index contributed by atoms with van der Waals surface area (Å²) >= 11 is 6.31. The number of benzene rings is 2. The van der Waals surface area contributed by atoms with E-state index in [4.69, 9.17) is 20.8 Å². The van der Waals surface area contributed by atoms with Crippen molar-refractivity contribution in [1.29, 1.82) is 0 Å². The van der Waals surface area contributed by atoms with Gasteiger partial charge in [0.1, 0.15) is 11.2 Å². The van der Waals surface area contributed by atoms with Crippen molar-refractivity contribution in [2.45, 2.75) is 45.8 Å². The van der Waals surface area contributed by atoms with Crippen molar-refractivity contribution < 1.29 is 23.5 Å². The van der Waals surface area contributed by atoms with Crippen LogP contribution in [-0.2, 0) is 16.0 Å². The van der Waals surface area contributed by atoms with Crippen LogP contribution in [0.3, 0.4) is 0 Å². The first-order valence-electron chi connectivity index (χ1n) is 10.1. The molecule has 1 heterocycles. The number of ketones is 1. The molecule has 0 aliphatic heterocycles. The summed E-state index contributed by atoms with van der Waals surface area (Å²) in [6, 6.07) is 11.2. The molecule has 3 rings (SSSR count). The predicted molar refractivity (Wildman–Crippen MR) is 123 cm³/mol. The predicted octanol–water partition coefficient (Wildman–Crippen LogP) is 5.36. The van der Waals surface area contributed by atoms with Crippen molar-refractivity contribution in [3.05, 3.63) is 64.9 Å². The number of Topliss-reactive ketones (excluding diaryl/α,β-unsaturated/α-hetero) is 1. The molecule has 168 valence electrons. The van der Waals surface area contributed by atoms with Gasteiger partial charge >= 0.3 is 6.09 Å². The Labute approximate surface area is 191 Å². The summed E-state index contributed by atoms with van der Waals surface area (Å²) in [5.74, 6) is -0.721. The van der Waals surface area contributed by atoms with E-state index in [1.165, 1.54) is 0 Å². The van der Waals surface area contributed by atoms with Crippen molar-refractivity contribution in [3.8, 4) is 0 Å². The number of nitrogens with one attached hydrogen (secondary N) is 2. The van der Waals surface area contributed by atoms with Gasteiger partial charge in [0.2, 0.25) is 0 Å². The van der Waals surface area contributed by atoms with Crippen molar-refractivity contribution in [2.75, 3.05) is 5.32 Å². The fourth-order valence-corrected chi connectivity index (χ4v) is 3.39. The Morgan fingerprint density at radius 2 is 1.88 bits per heavy atom. The maximum absolute atomic E-state index is 13.0. The second-order valence-corrected chi connectivity index (χ2v) is 8.82. The van der Waals surface area contributed by atoms with Crippen LogP contribution in [0.1, 0.15) is 43.6 Å². The molecule has 2 N–H and O–H groups in total. The highest BCUT2D eigenvalue weighted by molar-refractivity contribution is 6.34. The molecule has 0 radical (unpaired) electrons. The Balaban J connectivity index is 1.74. The normalized spacial score (nSPS) is 12.3. The average Bonchev–Trinajstić information content (AvgIpc) is 3.14. The number of fused-ring (bicyclic) bond motifs is 1. The number of carbonyl (C=O) groups excluding carboxylic acids is 3.